The molecule has 6 rings (SSSR count). The standard InChI is InChI=1S/C20H13ClO6/c21-11-9-18(20-15(23)8-7-14(22)19(20,27-20)17(11)24)25-12-5-1-3-10-4-2-6-13(26-18)16(10)12/h1-6,9,14,22H,7-8H2/t14-,19+,20-/m0/s1. The van der Waals surface area contributed by atoms with Crippen LogP contribution in [0.25, 0.3) is 10.8 Å². The second kappa shape index (κ2) is 4.52. The highest BCUT2D eigenvalue weighted by molar-refractivity contribution is 6.45. The molecule has 1 saturated carbocycles. The first-order chi connectivity index (χ1) is 13.0. The molecule has 136 valence electrons. The number of halogens is 1. The van der Waals surface area contributed by atoms with Gasteiger partial charge in [-0.1, -0.05) is 35.9 Å². The van der Waals surface area contributed by atoms with Crippen molar-refractivity contribution in [2.75, 3.05) is 0 Å². The maximum atomic E-state index is 13.0. The molecule has 0 bridgehead atoms. The molecule has 2 fully saturated rings. The molecule has 0 radical (unpaired) electrons. The molecule has 0 unspecified atom stereocenters. The fraction of sp³-hybridized carbons (Fsp3) is 0.300. The van der Waals surface area contributed by atoms with Gasteiger partial charge in [-0.25, -0.2) is 0 Å². The Balaban J connectivity index is 1.64. The summed E-state index contributed by atoms with van der Waals surface area (Å²) in [6, 6.07) is 11.0. The summed E-state index contributed by atoms with van der Waals surface area (Å²) in [5, 5.41) is 12.1. The van der Waals surface area contributed by atoms with E-state index in [2.05, 4.69) is 0 Å². The van der Waals surface area contributed by atoms with Crippen LogP contribution in [0.15, 0.2) is 47.5 Å². The largest absolute Gasteiger partial charge is 0.445 e. The number of benzene rings is 2. The summed E-state index contributed by atoms with van der Waals surface area (Å²) in [4.78, 5) is 25.8. The molecule has 0 aromatic heterocycles. The number of carbonyl (C=O) groups excluding carboxylic acids is 2. The molecule has 2 aliphatic heterocycles. The van der Waals surface area contributed by atoms with Crippen molar-refractivity contribution < 1.29 is 28.9 Å². The third-order valence-corrected chi connectivity index (χ3v) is 6.30. The zero-order valence-corrected chi connectivity index (χ0v) is 14.7. The van der Waals surface area contributed by atoms with E-state index in [9.17, 15) is 14.7 Å². The van der Waals surface area contributed by atoms with Gasteiger partial charge in [-0.2, -0.15) is 0 Å². The van der Waals surface area contributed by atoms with Gasteiger partial charge in [0.15, 0.2) is 5.78 Å². The summed E-state index contributed by atoms with van der Waals surface area (Å²) < 4.78 is 18.2. The molecule has 1 spiro atoms. The lowest BCUT2D eigenvalue weighted by atomic mass is 9.67. The number of epoxide rings is 1. The van der Waals surface area contributed by atoms with Gasteiger partial charge in [-0.3, -0.25) is 9.59 Å². The lowest BCUT2D eigenvalue weighted by Crippen LogP contribution is -2.68. The minimum Gasteiger partial charge on any atom is -0.445 e. The molecule has 6 nitrogen and oxygen atoms in total. The number of aliphatic hydroxyl groups is 1. The van der Waals surface area contributed by atoms with Crippen molar-refractivity contribution in [1.82, 2.24) is 0 Å². The van der Waals surface area contributed by atoms with Gasteiger partial charge in [0.1, 0.15) is 11.5 Å². The lowest BCUT2D eigenvalue weighted by Gasteiger charge is -2.44. The summed E-state index contributed by atoms with van der Waals surface area (Å²) in [5.41, 5.74) is -3.50. The normalized spacial score (nSPS) is 35.0. The Morgan fingerprint density at radius 2 is 1.74 bits per heavy atom. The van der Waals surface area contributed by atoms with E-state index >= 15 is 0 Å². The second-order valence-electron chi connectivity index (χ2n) is 7.30. The van der Waals surface area contributed by atoms with Crippen LogP contribution >= 0.6 is 11.6 Å². The third kappa shape index (κ3) is 1.50. The number of rotatable bonds is 0. The fourth-order valence-electron chi connectivity index (χ4n) is 4.82. The van der Waals surface area contributed by atoms with E-state index in [1.54, 1.807) is 12.1 Å². The highest BCUT2D eigenvalue weighted by Gasteiger charge is 2.93. The second-order valence-corrected chi connectivity index (χ2v) is 7.71. The lowest BCUT2D eigenvalue weighted by molar-refractivity contribution is -0.163. The van der Waals surface area contributed by atoms with Crippen LogP contribution in [0.5, 0.6) is 11.5 Å². The van der Waals surface area contributed by atoms with E-state index in [4.69, 9.17) is 25.8 Å². The van der Waals surface area contributed by atoms with E-state index in [-0.39, 0.29) is 23.7 Å². The van der Waals surface area contributed by atoms with Gasteiger partial charge in [0, 0.05) is 12.5 Å². The van der Waals surface area contributed by atoms with Gasteiger partial charge >= 0.3 is 5.79 Å². The molecule has 1 N–H and O–H groups in total. The maximum absolute atomic E-state index is 13.0. The van der Waals surface area contributed by atoms with E-state index < -0.39 is 28.9 Å². The molecule has 0 amide bonds. The number of ketones is 2. The summed E-state index contributed by atoms with van der Waals surface area (Å²) in [5.74, 6) is -1.71. The monoisotopic (exact) mass is 384 g/mol. The molecule has 2 aliphatic carbocycles. The van der Waals surface area contributed by atoms with Gasteiger partial charge < -0.3 is 19.3 Å². The van der Waals surface area contributed by atoms with E-state index in [1.807, 2.05) is 24.3 Å². The van der Waals surface area contributed by atoms with Crippen LogP contribution in [0.3, 0.4) is 0 Å². The van der Waals surface area contributed by atoms with Crippen molar-refractivity contribution in [3.8, 4) is 11.5 Å². The Morgan fingerprint density at radius 3 is 2.41 bits per heavy atom. The van der Waals surface area contributed by atoms with Crippen LogP contribution < -0.4 is 9.47 Å². The van der Waals surface area contributed by atoms with Crippen molar-refractivity contribution in [1.29, 1.82) is 0 Å². The SMILES string of the molecule is O=C1C(Cl)=CC2(Oc3cccc4cccc(c34)O2)[C@]23O[C@]12[C@@H](O)CCC3=O. The van der Waals surface area contributed by atoms with E-state index in [0.717, 1.165) is 10.8 Å². The average molecular weight is 385 g/mol. The highest BCUT2D eigenvalue weighted by atomic mass is 35.5. The topological polar surface area (TPSA) is 85.4 Å². The summed E-state index contributed by atoms with van der Waals surface area (Å²) in [7, 11) is 0. The first-order valence-electron chi connectivity index (χ1n) is 8.70. The van der Waals surface area contributed by atoms with Crippen molar-refractivity contribution >= 4 is 33.9 Å². The zero-order chi connectivity index (χ0) is 18.6. The number of hydrogen-bond donors (Lipinski definition) is 1. The van der Waals surface area contributed by atoms with Crippen LogP contribution in [-0.2, 0) is 14.3 Å². The van der Waals surface area contributed by atoms with Crippen molar-refractivity contribution in [3.63, 3.8) is 0 Å². The zero-order valence-electron chi connectivity index (χ0n) is 13.9. The molecule has 27 heavy (non-hydrogen) atoms. The Labute approximate surface area is 158 Å². The molecule has 4 aliphatic rings. The van der Waals surface area contributed by atoms with Gasteiger partial charge in [-0.05, 0) is 23.9 Å². The maximum Gasteiger partial charge on any atom is 0.313 e. The average Bonchev–Trinajstić information content (AvgIpc) is 3.39. The molecular formula is C20H13ClO6. The van der Waals surface area contributed by atoms with Gasteiger partial charge in [0.05, 0.1) is 16.5 Å². The number of ether oxygens (including phenoxy) is 3. The molecule has 1 saturated heterocycles. The number of carbonyl (C=O) groups is 2. The summed E-state index contributed by atoms with van der Waals surface area (Å²) in [6.45, 7) is 0. The minimum atomic E-state index is -1.76. The number of aliphatic hydroxyl groups excluding tert-OH is 1. The Morgan fingerprint density at radius 1 is 1.07 bits per heavy atom. The van der Waals surface area contributed by atoms with E-state index in [1.165, 1.54) is 6.08 Å². The van der Waals surface area contributed by atoms with Gasteiger partial charge in [0.2, 0.25) is 17.0 Å². The first-order valence-corrected chi connectivity index (χ1v) is 9.07. The van der Waals surface area contributed by atoms with Crippen molar-refractivity contribution in [3.05, 3.63) is 47.5 Å². The third-order valence-electron chi connectivity index (χ3n) is 6.02. The molecule has 2 aromatic carbocycles. The molecule has 2 aromatic rings. The first kappa shape index (κ1) is 15.6. The predicted molar refractivity (Wildman–Crippen MR) is 93.7 cm³/mol. The van der Waals surface area contributed by atoms with Crippen LogP contribution in [0.2, 0.25) is 0 Å². The van der Waals surface area contributed by atoms with Crippen LogP contribution in [-0.4, -0.2) is 39.8 Å². The van der Waals surface area contributed by atoms with Crippen molar-refractivity contribution in [2.45, 2.75) is 35.9 Å². The van der Waals surface area contributed by atoms with Gasteiger partial charge in [-0.15, -0.1) is 0 Å². The smallest absolute Gasteiger partial charge is 0.313 e. The Bertz CT molecular complexity index is 1070. The Kier molecular flexibility index (Phi) is 2.62. The quantitative estimate of drug-likeness (QED) is 0.701. The van der Waals surface area contributed by atoms with Crippen LogP contribution in [0, 0.1) is 0 Å². The van der Waals surface area contributed by atoms with Crippen molar-refractivity contribution in [2.24, 2.45) is 0 Å². The summed E-state index contributed by atoms with van der Waals surface area (Å²) in [6.07, 6.45) is 0.315. The molecule has 7 heteroatoms. The number of hydrogen-bond acceptors (Lipinski definition) is 6. The predicted octanol–water partition coefficient (Wildman–Crippen LogP) is 2.24. The summed E-state index contributed by atoms with van der Waals surface area (Å²) >= 11 is 6.21. The molecule has 3 atom stereocenters. The van der Waals surface area contributed by atoms with Crippen LogP contribution in [0.1, 0.15) is 12.8 Å². The molecule has 2 heterocycles. The highest BCUT2D eigenvalue weighted by Crippen LogP contribution is 2.67. The molecular weight excluding hydrogens is 372 g/mol. The van der Waals surface area contributed by atoms with Gasteiger partial charge in [0.25, 0.3) is 0 Å². The minimum absolute atomic E-state index is 0.0575. The number of Topliss-reactive ketones (excluding diaryl/α,β-unsaturated/α-hetero) is 2. The van der Waals surface area contributed by atoms with E-state index in [0.29, 0.717) is 11.5 Å². The van der Waals surface area contributed by atoms with Crippen LogP contribution in [0.4, 0.5) is 0 Å². The fourth-order valence-corrected chi connectivity index (χ4v) is 5.10. The Hall–Kier alpha value is -2.41.